The predicted octanol–water partition coefficient (Wildman–Crippen LogP) is -1.73. The summed E-state index contributed by atoms with van der Waals surface area (Å²) in [5, 5.41) is 30.1. The third-order valence-electron chi connectivity index (χ3n) is 3.57. The van der Waals surface area contributed by atoms with Gasteiger partial charge in [0.25, 0.3) is 0 Å². The molecule has 0 aliphatic rings. The van der Waals surface area contributed by atoms with E-state index < -0.39 is 18.1 Å². The first-order chi connectivity index (χ1) is 10.4. The number of carboxylic acids is 1. The van der Waals surface area contributed by atoms with Crippen LogP contribution in [0.5, 0.6) is 0 Å². The van der Waals surface area contributed by atoms with Gasteiger partial charge in [0.05, 0.1) is 12.6 Å². The molecule has 0 aromatic carbocycles. The van der Waals surface area contributed by atoms with Crippen LogP contribution in [0, 0.1) is 0 Å². The predicted molar refractivity (Wildman–Crippen MR) is 86.0 cm³/mol. The molecule has 0 aromatic heterocycles. The van der Waals surface area contributed by atoms with E-state index in [0.29, 0.717) is 13.0 Å². The summed E-state index contributed by atoms with van der Waals surface area (Å²) in [5.74, 6) is -1.06. The SMILES string of the molecule is CCCCCCCC([O-])=NCCN(CC(C)O)C(C)C(=O)O.[Li+]. The van der Waals surface area contributed by atoms with Crippen molar-refractivity contribution in [2.75, 3.05) is 19.6 Å². The quantitative estimate of drug-likeness (QED) is 0.182. The molecule has 2 atom stereocenters. The molecule has 0 fully saturated rings. The van der Waals surface area contributed by atoms with Crippen molar-refractivity contribution in [1.82, 2.24) is 4.90 Å². The van der Waals surface area contributed by atoms with Gasteiger partial charge in [0.15, 0.2) is 0 Å². The Morgan fingerprint density at radius 1 is 1.22 bits per heavy atom. The fraction of sp³-hybridized carbons (Fsp3) is 0.875. The van der Waals surface area contributed by atoms with Gasteiger partial charge in [-0.2, -0.15) is 0 Å². The monoisotopic (exact) mass is 322 g/mol. The number of hydrogen-bond acceptors (Lipinski definition) is 5. The van der Waals surface area contributed by atoms with Crippen molar-refractivity contribution in [2.45, 2.75) is 71.4 Å². The van der Waals surface area contributed by atoms with Crippen molar-refractivity contribution in [3.05, 3.63) is 0 Å². The molecule has 0 amide bonds. The Bertz CT molecular complexity index is 338. The molecule has 0 aliphatic carbocycles. The van der Waals surface area contributed by atoms with Gasteiger partial charge < -0.3 is 20.3 Å². The molecule has 0 heterocycles. The summed E-state index contributed by atoms with van der Waals surface area (Å²) in [6.45, 7) is 6.23. The number of aliphatic hydroxyl groups is 1. The molecule has 0 aliphatic heterocycles. The first-order valence-electron chi connectivity index (χ1n) is 8.23. The number of carboxylic acid groups (broad SMARTS) is 1. The van der Waals surface area contributed by atoms with Crippen molar-refractivity contribution in [2.24, 2.45) is 4.99 Å². The average molecular weight is 322 g/mol. The average Bonchev–Trinajstić information content (AvgIpc) is 2.44. The second-order valence-corrected chi connectivity index (χ2v) is 5.80. The molecule has 2 unspecified atom stereocenters. The van der Waals surface area contributed by atoms with Crippen molar-refractivity contribution in [3.8, 4) is 0 Å². The molecule has 0 saturated heterocycles. The normalized spacial score (nSPS) is 14.4. The molecule has 0 saturated carbocycles. The van der Waals surface area contributed by atoms with Crippen LogP contribution in [0.2, 0.25) is 0 Å². The molecule has 2 N–H and O–H groups in total. The van der Waals surface area contributed by atoms with Crippen LogP contribution in [0.15, 0.2) is 4.99 Å². The summed E-state index contributed by atoms with van der Waals surface area (Å²) in [6.07, 6.45) is 5.31. The standard InChI is InChI=1S/C16H32N2O4.Li/c1-4-5-6-7-8-9-15(20)17-10-11-18(12-13(2)19)14(3)16(21)22;/h13-14,19H,4-12H2,1-3H3,(H,17,20)(H,21,22);/q;+1/p-1. The summed E-state index contributed by atoms with van der Waals surface area (Å²) in [5.41, 5.74) is 0. The van der Waals surface area contributed by atoms with Crippen LogP contribution in [0.3, 0.4) is 0 Å². The van der Waals surface area contributed by atoms with Gasteiger partial charge in [0.2, 0.25) is 0 Å². The summed E-state index contributed by atoms with van der Waals surface area (Å²) in [6, 6.07) is -0.700. The molecule has 130 valence electrons. The second kappa shape index (κ2) is 15.0. The summed E-state index contributed by atoms with van der Waals surface area (Å²) in [4.78, 5) is 16.6. The van der Waals surface area contributed by atoms with E-state index in [9.17, 15) is 15.0 Å². The van der Waals surface area contributed by atoms with Gasteiger partial charge >= 0.3 is 24.8 Å². The molecule has 7 heteroatoms. The van der Waals surface area contributed by atoms with E-state index in [1.165, 1.54) is 12.8 Å². The number of carbonyl (C=O) groups is 1. The van der Waals surface area contributed by atoms with Crippen molar-refractivity contribution in [1.29, 1.82) is 0 Å². The molecule has 0 rings (SSSR count). The van der Waals surface area contributed by atoms with Gasteiger partial charge in [-0.1, -0.05) is 32.6 Å². The van der Waals surface area contributed by atoms with E-state index in [0.717, 1.165) is 19.3 Å². The van der Waals surface area contributed by atoms with Crippen LogP contribution in [-0.2, 0) is 4.79 Å². The minimum Gasteiger partial charge on any atom is -0.862 e. The number of aliphatic imine (C=N–C) groups is 1. The topological polar surface area (TPSA) is 96.2 Å². The molecule has 0 bridgehead atoms. The van der Waals surface area contributed by atoms with Crippen LogP contribution in [0.25, 0.3) is 0 Å². The largest absolute Gasteiger partial charge is 1.00 e. The summed E-state index contributed by atoms with van der Waals surface area (Å²) >= 11 is 0. The fourth-order valence-electron chi connectivity index (χ4n) is 2.20. The molecule has 0 aromatic rings. The first kappa shape index (κ1) is 24.7. The van der Waals surface area contributed by atoms with E-state index in [2.05, 4.69) is 11.9 Å². The van der Waals surface area contributed by atoms with E-state index in [1.807, 2.05) is 0 Å². The summed E-state index contributed by atoms with van der Waals surface area (Å²) < 4.78 is 0. The van der Waals surface area contributed by atoms with Crippen LogP contribution < -0.4 is 24.0 Å². The van der Waals surface area contributed by atoms with Gasteiger partial charge in [-0.05, 0) is 32.6 Å². The zero-order chi connectivity index (χ0) is 17.0. The number of nitrogens with zero attached hydrogens (tertiary/aromatic N) is 2. The van der Waals surface area contributed by atoms with Crippen molar-refractivity contribution < 1.29 is 39.0 Å². The molecular formula is C16H31LiN2O4. The van der Waals surface area contributed by atoms with Crippen LogP contribution >= 0.6 is 0 Å². The van der Waals surface area contributed by atoms with Crippen LogP contribution in [0.4, 0.5) is 0 Å². The van der Waals surface area contributed by atoms with Crippen molar-refractivity contribution in [3.63, 3.8) is 0 Å². The van der Waals surface area contributed by atoms with Gasteiger partial charge in [-0.25, -0.2) is 0 Å². The Hall–Kier alpha value is -0.543. The third-order valence-corrected chi connectivity index (χ3v) is 3.57. The van der Waals surface area contributed by atoms with E-state index in [-0.39, 0.29) is 37.8 Å². The molecule has 0 spiro atoms. The Morgan fingerprint density at radius 2 is 1.83 bits per heavy atom. The Balaban J connectivity index is 0. The van der Waals surface area contributed by atoms with E-state index in [4.69, 9.17) is 5.11 Å². The Morgan fingerprint density at radius 3 is 2.35 bits per heavy atom. The molecular weight excluding hydrogens is 291 g/mol. The van der Waals surface area contributed by atoms with E-state index >= 15 is 0 Å². The Kier molecular flexibility index (Phi) is 16.1. The van der Waals surface area contributed by atoms with Crippen LogP contribution in [0.1, 0.15) is 59.3 Å². The first-order valence-corrected chi connectivity index (χ1v) is 8.23. The minimum absolute atomic E-state index is 0. The Labute approximate surface area is 152 Å². The maximum Gasteiger partial charge on any atom is 1.00 e. The number of rotatable bonds is 13. The molecule has 23 heavy (non-hydrogen) atoms. The van der Waals surface area contributed by atoms with Gasteiger partial charge in [0, 0.05) is 13.1 Å². The molecule has 0 radical (unpaired) electrons. The van der Waals surface area contributed by atoms with Crippen LogP contribution in [-0.4, -0.2) is 58.8 Å². The smallest absolute Gasteiger partial charge is 0.862 e. The zero-order valence-electron chi connectivity index (χ0n) is 15.1. The van der Waals surface area contributed by atoms with Crippen molar-refractivity contribution >= 4 is 11.9 Å². The zero-order valence-corrected chi connectivity index (χ0v) is 15.1. The maximum atomic E-state index is 11.6. The number of unbranched alkanes of at least 4 members (excludes halogenated alkanes) is 4. The third kappa shape index (κ3) is 13.6. The summed E-state index contributed by atoms with van der Waals surface area (Å²) in [7, 11) is 0. The number of hydrogen-bond donors (Lipinski definition) is 2. The second-order valence-electron chi connectivity index (χ2n) is 5.80. The fourth-order valence-corrected chi connectivity index (χ4v) is 2.20. The van der Waals surface area contributed by atoms with Gasteiger partial charge in [0.1, 0.15) is 6.04 Å². The number of aliphatic carboxylic acids is 1. The van der Waals surface area contributed by atoms with E-state index in [1.54, 1.807) is 18.7 Å². The molecule has 6 nitrogen and oxygen atoms in total. The minimum atomic E-state index is -0.942. The maximum absolute atomic E-state index is 11.6. The van der Waals surface area contributed by atoms with Gasteiger partial charge in [-0.3, -0.25) is 9.69 Å². The van der Waals surface area contributed by atoms with Gasteiger partial charge in [-0.15, -0.1) is 0 Å². The number of aliphatic hydroxyl groups excluding tert-OH is 1.